The molecular weight excluding hydrogens is 322 g/mol. The Bertz CT molecular complexity index is 663. The van der Waals surface area contributed by atoms with Crippen molar-refractivity contribution >= 4 is 5.78 Å². The van der Waals surface area contributed by atoms with E-state index >= 15 is 0 Å². The van der Waals surface area contributed by atoms with E-state index in [1.807, 2.05) is 0 Å². The first-order valence-electron chi connectivity index (χ1n) is 10.9. The lowest BCUT2D eigenvalue weighted by Crippen LogP contribution is -2.56. The first-order valence-corrected chi connectivity index (χ1v) is 10.9. The van der Waals surface area contributed by atoms with E-state index < -0.39 is 5.60 Å². The standard InChI is InChI=1S/C23H35NO2/c1-21-7-4-16(25)13-20(21)15(14-24-10-11-24)12-17-18(21)5-8-22(2)19(17)6-9-23(22,3)26/h13,15,17-19,26H,4-12,14H2,1-3H3/t15-,17+,18-,19-,21+,22+,23-/m0/s1. The van der Waals surface area contributed by atoms with E-state index in [1.54, 1.807) is 0 Å². The third-order valence-electron chi connectivity index (χ3n) is 9.70. The van der Waals surface area contributed by atoms with Gasteiger partial charge in [-0.1, -0.05) is 19.4 Å². The van der Waals surface area contributed by atoms with Crippen LogP contribution in [0.25, 0.3) is 0 Å². The van der Waals surface area contributed by atoms with Gasteiger partial charge in [-0.2, -0.15) is 0 Å². The summed E-state index contributed by atoms with van der Waals surface area (Å²) in [5.74, 6) is 3.00. The molecule has 4 aliphatic carbocycles. The third-order valence-corrected chi connectivity index (χ3v) is 9.70. The first-order chi connectivity index (χ1) is 12.2. The number of hydrogen-bond donors (Lipinski definition) is 1. The summed E-state index contributed by atoms with van der Waals surface area (Å²) in [6, 6.07) is 0. The number of carbonyl (C=O) groups is 1. The van der Waals surface area contributed by atoms with Gasteiger partial charge in [0.1, 0.15) is 0 Å². The number of ketones is 1. The van der Waals surface area contributed by atoms with Gasteiger partial charge in [0, 0.05) is 26.1 Å². The topological polar surface area (TPSA) is 40.3 Å². The molecule has 0 spiro atoms. The number of nitrogens with zero attached hydrogens (tertiary/aromatic N) is 1. The summed E-state index contributed by atoms with van der Waals surface area (Å²) in [5, 5.41) is 11.1. The molecule has 0 aromatic heterocycles. The maximum absolute atomic E-state index is 12.3. The van der Waals surface area contributed by atoms with Crippen molar-refractivity contribution in [1.82, 2.24) is 4.90 Å². The van der Waals surface area contributed by atoms with Gasteiger partial charge < -0.3 is 10.0 Å². The second kappa shape index (κ2) is 5.44. The molecule has 5 rings (SSSR count). The lowest BCUT2D eigenvalue weighted by molar-refractivity contribution is -0.128. The Morgan fingerprint density at radius 2 is 1.85 bits per heavy atom. The van der Waals surface area contributed by atoms with Crippen LogP contribution in [0.4, 0.5) is 0 Å². The van der Waals surface area contributed by atoms with Crippen LogP contribution in [-0.4, -0.2) is 41.0 Å². The number of aliphatic hydroxyl groups is 1. The monoisotopic (exact) mass is 357 g/mol. The zero-order valence-electron chi connectivity index (χ0n) is 16.8. The Hall–Kier alpha value is -0.670. The minimum absolute atomic E-state index is 0.0840. The third kappa shape index (κ3) is 2.29. The van der Waals surface area contributed by atoms with Gasteiger partial charge in [-0.15, -0.1) is 0 Å². The van der Waals surface area contributed by atoms with Crippen molar-refractivity contribution in [3.63, 3.8) is 0 Å². The van der Waals surface area contributed by atoms with Gasteiger partial charge in [-0.3, -0.25) is 4.79 Å². The van der Waals surface area contributed by atoms with E-state index in [9.17, 15) is 9.90 Å². The molecule has 7 atom stereocenters. The quantitative estimate of drug-likeness (QED) is 0.764. The van der Waals surface area contributed by atoms with Crippen molar-refractivity contribution in [3.05, 3.63) is 11.6 Å². The minimum Gasteiger partial charge on any atom is -0.390 e. The molecule has 3 saturated carbocycles. The van der Waals surface area contributed by atoms with Gasteiger partial charge in [-0.05, 0) is 86.0 Å². The average molecular weight is 358 g/mol. The molecule has 3 nitrogen and oxygen atoms in total. The second-order valence-electron chi connectivity index (χ2n) is 10.9. The highest BCUT2D eigenvalue weighted by atomic mass is 16.3. The summed E-state index contributed by atoms with van der Waals surface area (Å²) in [6.45, 7) is 10.6. The number of rotatable bonds is 2. The van der Waals surface area contributed by atoms with Crippen LogP contribution in [0.15, 0.2) is 11.6 Å². The second-order valence-corrected chi connectivity index (χ2v) is 10.9. The highest BCUT2D eigenvalue weighted by molar-refractivity contribution is 5.91. The van der Waals surface area contributed by atoms with Crippen LogP contribution in [0, 0.1) is 34.5 Å². The highest BCUT2D eigenvalue weighted by Gasteiger charge is 2.63. The van der Waals surface area contributed by atoms with Crippen molar-refractivity contribution in [3.8, 4) is 0 Å². The Morgan fingerprint density at radius 1 is 1.12 bits per heavy atom. The molecule has 3 heteroatoms. The van der Waals surface area contributed by atoms with E-state index in [0.29, 0.717) is 23.5 Å². The molecule has 0 bridgehead atoms. The van der Waals surface area contributed by atoms with Crippen molar-refractivity contribution in [2.24, 2.45) is 34.5 Å². The van der Waals surface area contributed by atoms with Crippen LogP contribution in [0.3, 0.4) is 0 Å². The summed E-state index contributed by atoms with van der Waals surface area (Å²) in [4.78, 5) is 14.8. The summed E-state index contributed by atoms with van der Waals surface area (Å²) >= 11 is 0. The van der Waals surface area contributed by atoms with Crippen LogP contribution < -0.4 is 0 Å². The van der Waals surface area contributed by atoms with E-state index in [2.05, 4.69) is 31.7 Å². The molecule has 0 aromatic rings. The smallest absolute Gasteiger partial charge is 0.155 e. The lowest BCUT2D eigenvalue weighted by atomic mass is 9.45. The van der Waals surface area contributed by atoms with E-state index in [-0.39, 0.29) is 10.8 Å². The molecule has 1 aliphatic heterocycles. The summed E-state index contributed by atoms with van der Waals surface area (Å²) < 4.78 is 0. The van der Waals surface area contributed by atoms with Gasteiger partial charge >= 0.3 is 0 Å². The normalized spacial score (nSPS) is 53.5. The molecule has 0 unspecified atom stereocenters. The molecule has 1 N–H and O–H groups in total. The fourth-order valence-electron chi connectivity index (χ4n) is 7.77. The van der Waals surface area contributed by atoms with Gasteiger partial charge in [0.2, 0.25) is 0 Å². The number of carbonyl (C=O) groups excluding carboxylic acids is 1. The van der Waals surface area contributed by atoms with Gasteiger partial charge in [0.15, 0.2) is 5.78 Å². The van der Waals surface area contributed by atoms with Crippen LogP contribution >= 0.6 is 0 Å². The Kier molecular flexibility index (Phi) is 3.65. The van der Waals surface area contributed by atoms with Gasteiger partial charge in [0.05, 0.1) is 5.60 Å². The van der Waals surface area contributed by atoms with Crippen molar-refractivity contribution in [2.75, 3.05) is 19.6 Å². The van der Waals surface area contributed by atoms with Crippen molar-refractivity contribution in [2.45, 2.75) is 71.3 Å². The molecule has 0 amide bonds. The maximum atomic E-state index is 12.3. The van der Waals surface area contributed by atoms with Crippen LogP contribution in [0.1, 0.15) is 65.7 Å². The first kappa shape index (κ1) is 17.4. The Labute approximate surface area is 158 Å². The summed E-state index contributed by atoms with van der Waals surface area (Å²) in [5.41, 5.74) is 1.29. The zero-order chi connectivity index (χ0) is 18.3. The van der Waals surface area contributed by atoms with E-state index in [1.165, 1.54) is 37.9 Å². The molecule has 4 fully saturated rings. The predicted molar refractivity (Wildman–Crippen MR) is 103 cm³/mol. The van der Waals surface area contributed by atoms with Crippen molar-refractivity contribution in [1.29, 1.82) is 0 Å². The van der Waals surface area contributed by atoms with Gasteiger partial charge in [0.25, 0.3) is 0 Å². The summed E-state index contributed by atoms with van der Waals surface area (Å²) in [7, 11) is 0. The molecular formula is C23H35NO2. The maximum Gasteiger partial charge on any atom is 0.155 e. The van der Waals surface area contributed by atoms with Crippen molar-refractivity contribution < 1.29 is 9.90 Å². The highest BCUT2D eigenvalue weighted by Crippen LogP contribution is 2.68. The molecule has 5 aliphatic rings. The molecule has 26 heavy (non-hydrogen) atoms. The zero-order valence-corrected chi connectivity index (χ0v) is 16.8. The molecule has 144 valence electrons. The van der Waals surface area contributed by atoms with Gasteiger partial charge in [-0.25, -0.2) is 0 Å². The summed E-state index contributed by atoms with van der Waals surface area (Å²) in [6.07, 6.45) is 9.63. The fraction of sp³-hybridized carbons (Fsp3) is 0.870. The van der Waals surface area contributed by atoms with E-state index in [0.717, 1.165) is 38.1 Å². The van der Waals surface area contributed by atoms with E-state index in [4.69, 9.17) is 0 Å². The van der Waals surface area contributed by atoms with Crippen LogP contribution in [0.2, 0.25) is 0 Å². The lowest BCUT2D eigenvalue weighted by Gasteiger charge is -2.60. The minimum atomic E-state index is -0.502. The van der Waals surface area contributed by atoms with Crippen LogP contribution in [-0.2, 0) is 4.79 Å². The van der Waals surface area contributed by atoms with Crippen LogP contribution in [0.5, 0.6) is 0 Å². The molecule has 0 aromatic carbocycles. The largest absolute Gasteiger partial charge is 0.390 e. The average Bonchev–Trinajstić information content (AvgIpc) is 3.35. The predicted octanol–water partition coefficient (Wildman–Crippen LogP) is 3.81. The Morgan fingerprint density at radius 3 is 2.58 bits per heavy atom. The number of fused-ring (bicyclic) bond motifs is 5. The molecule has 0 radical (unpaired) electrons. The molecule has 1 heterocycles. The number of hydrogen-bond acceptors (Lipinski definition) is 3. The fourth-order valence-corrected chi connectivity index (χ4v) is 7.77. The Balaban J connectivity index is 1.53. The molecule has 1 saturated heterocycles. The SMILES string of the molecule is C[C@]12CCC(=O)C=C1[C@H](CN1CC1)C[C@@H]1[C@@H]2CC[C@]2(C)[C@H]1CC[C@]2(C)O.